The highest BCUT2D eigenvalue weighted by atomic mass is 16.3. The van der Waals surface area contributed by atoms with Gasteiger partial charge in [-0.25, -0.2) is 15.0 Å². The molecule has 57 heavy (non-hydrogen) atoms. The van der Waals surface area contributed by atoms with Gasteiger partial charge in [-0.05, 0) is 48.5 Å². The van der Waals surface area contributed by atoms with Crippen LogP contribution in [0.2, 0.25) is 0 Å². The molecule has 0 fully saturated rings. The summed E-state index contributed by atoms with van der Waals surface area (Å²) in [6.45, 7) is 0. The molecule has 4 heterocycles. The summed E-state index contributed by atoms with van der Waals surface area (Å²) in [7, 11) is 0. The molecule has 0 aliphatic rings. The van der Waals surface area contributed by atoms with Crippen LogP contribution in [0.3, 0.4) is 0 Å². The van der Waals surface area contributed by atoms with Crippen molar-refractivity contribution in [3.63, 3.8) is 0 Å². The van der Waals surface area contributed by atoms with E-state index in [-0.39, 0.29) is 0 Å². The minimum absolute atomic E-state index is 0.559. The van der Waals surface area contributed by atoms with Crippen molar-refractivity contribution in [1.82, 2.24) is 24.1 Å². The Hall–Kier alpha value is -7.83. The average molecular weight is 730 g/mol. The fourth-order valence-electron chi connectivity index (χ4n) is 8.74. The zero-order chi connectivity index (χ0) is 37.5. The zero-order valence-corrected chi connectivity index (χ0v) is 30.5. The highest BCUT2D eigenvalue weighted by Gasteiger charge is 2.24. The third-order valence-electron chi connectivity index (χ3n) is 11.2. The van der Waals surface area contributed by atoms with Crippen LogP contribution in [-0.4, -0.2) is 24.1 Å². The molecule has 0 saturated heterocycles. The summed E-state index contributed by atoms with van der Waals surface area (Å²) in [5.41, 5.74) is 11.0. The SMILES string of the molecule is c1ccc(-c2nc(-c3ccccc3)nc(-c3cccc4c3oc3ccc5c(c6cccc(-n7c8ccccc8c8ccccc87)c6n5-c5ccccc5)c34)n2)cc1. The van der Waals surface area contributed by atoms with E-state index in [1.54, 1.807) is 0 Å². The van der Waals surface area contributed by atoms with Crippen LogP contribution in [0.15, 0.2) is 192 Å². The van der Waals surface area contributed by atoms with E-state index in [0.717, 1.165) is 71.8 Å². The van der Waals surface area contributed by atoms with Crippen molar-refractivity contribution in [2.75, 3.05) is 0 Å². The molecular formula is C51H31N5O. The van der Waals surface area contributed by atoms with Crippen LogP contribution in [0, 0.1) is 0 Å². The number of aromatic nitrogens is 5. The molecule has 8 aromatic carbocycles. The fourth-order valence-corrected chi connectivity index (χ4v) is 8.74. The van der Waals surface area contributed by atoms with Crippen molar-refractivity contribution in [2.24, 2.45) is 0 Å². The van der Waals surface area contributed by atoms with Crippen molar-refractivity contribution >= 4 is 65.6 Å². The molecule has 0 aliphatic carbocycles. The zero-order valence-electron chi connectivity index (χ0n) is 30.5. The normalized spacial score (nSPS) is 11.9. The highest BCUT2D eigenvalue weighted by molar-refractivity contribution is 6.29. The Balaban J connectivity index is 1.17. The van der Waals surface area contributed by atoms with Crippen LogP contribution in [0.5, 0.6) is 0 Å². The van der Waals surface area contributed by atoms with E-state index in [4.69, 9.17) is 19.4 Å². The van der Waals surface area contributed by atoms with Gasteiger partial charge in [-0.1, -0.05) is 140 Å². The summed E-state index contributed by atoms with van der Waals surface area (Å²) < 4.78 is 11.7. The lowest BCUT2D eigenvalue weighted by Gasteiger charge is -2.14. The van der Waals surface area contributed by atoms with Crippen LogP contribution in [0.4, 0.5) is 0 Å². The first-order valence-electron chi connectivity index (χ1n) is 19.1. The molecule has 6 nitrogen and oxygen atoms in total. The summed E-state index contributed by atoms with van der Waals surface area (Å²) in [5, 5.41) is 6.80. The topological polar surface area (TPSA) is 61.7 Å². The molecule has 0 radical (unpaired) electrons. The molecule has 0 saturated carbocycles. The van der Waals surface area contributed by atoms with Crippen LogP contribution >= 0.6 is 0 Å². The lowest BCUT2D eigenvalue weighted by atomic mass is 10.0. The quantitative estimate of drug-likeness (QED) is 0.177. The number of para-hydroxylation sites is 5. The summed E-state index contributed by atoms with van der Waals surface area (Å²) >= 11 is 0. The van der Waals surface area contributed by atoms with Gasteiger partial charge in [-0.2, -0.15) is 0 Å². The van der Waals surface area contributed by atoms with E-state index < -0.39 is 0 Å². The number of furan rings is 1. The Kier molecular flexibility index (Phi) is 6.83. The third-order valence-corrected chi connectivity index (χ3v) is 11.2. The predicted molar refractivity (Wildman–Crippen MR) is 232 cm³/mol. The molecule has 0 atom stereocenters. The van der Waals surface area contributed by atoms with Crippen LogP contribution in [0.25, 0.3) is 111 Å². The maximum atomic E-state index is 6.90. The molecule has 266 valence electrons. The lowest BCUT2D eigenvalue weighted by molar-refractivity contribution is 0.670. The Morgan fingerprint density at radius 1 is 0.368 bits per heavy atom. The predicted octanol–water partition coefficient (Wildman–Crippen LogP) is 13.0. The summed E-state index contributed by atoms with van der Waals surface area (Å²) in [6, 6.07) is 65.5. The van der Waals surface area contributed by atoms with Crippen molar-refractivity contribution in [3.05, 3.63) is 188 Å². The number of hydrogen-bond acceptors (Lipinski definition) is 4. The third kappa shape index (κ3) is 4.74. The highest BCUT2D eigenvalue weighted by Crippen LogP contribution is 2.45. The molecule has 12 rings (SSSR count). The van der Waals surface area contributed by atoms with E-state index in [9.17, 15) is 0 Å². The van der Waals surface area contributed by atoms with Gasteiger partial charge >= 0.3 is 0 Å². The van der Waals surface area contributed by atoms with Crippen molar-refractivity contribution in [1.29, 1.82) is 0 Å². The van der Waals surface area contributed by atoms with Gasteiger partial charge in [0.2, 0.25) is 0 Å². The average Bonchev–Trinajstić information content (AvgIpc) is 3.95. The van der Waals surface area contributed by atoms with Crippen molar-refractivity contribution in [3.8, 4) is 45.5 Å². The van der Waals surface area contributed by atoms with Crippen molar-refractivity contribution in [2.45, 2.75) is 0 Å². The van der Waals surface area contributed by atoms with Gasteiger partial charge in [0.15, 0.2) is 17.5 Å². The standard InChI is InChI=1S/C51H31N5O/c1-4-16-32(17-5-1)49-52-50(33-18-6-2-7-19-33)54-51(53-49)39-26-14-25-38-46-44(57-48(38)39)31-30-42-45(46)37-24-15-29-43(47(37)55(42)34-20-8-3-9-21-34)56-40-27-12-10-22-35(40)36-23-11-13-28-41(36)56/h1-31H. The summed E-state index contributed by atoms with van der Waals surface area (Å²) in [6.07, 6.45) is 0. The van der Waals surface area contributed by atoms with E-state index in [2.05, 4.69) is 137 Å². The Labute approximate surface area is 326 Å². The second kappa shape index (κ2) is 12.3. The fraction of sp³-hybridized carbons (Fsp3) is 0. The maximum absolute atomic E-state index is 6.90. The second-order valence-corrected chi connectivity index (χ2v) is 14.4. The Morgan fingerprint density at radius 2 is 0.912 bits per heavy atom. The maximum Gasteiger partial charge on any atom is 0.167 e. The minimum Gasteiger partial charge on any atom is -0.455 e. The van der Waals surface area contributed by atoms with Crippen molar-refractivity contribution < 1.29 is 4.42 Å². The van der Waals surface area contributed by atoms with Gasteiger partial charge in [0.25, 0.3) is 0 Å². The Morgan fingerprint density at radius 3 is 1.58 bits per heavy atom. The molecule has 0 N–H and O–H groups in total. The lowest BCUT2D eigenvalue weighted by Crippen LogP contribution is -2.00. The number of benzene rings is 8. The number of nitrogens with zero attached hydrogens (tertiary/aromatic N) is 5. The van der Waals surface area contributed by atoms with Gasteiger partial charge in [-0.3, -0.25) is 0 Å². The minimum atomic E-state index is 0.559. The van der Waals surface area contributed by atoms with E-state index in [0.29, 0.717) is 17.5 Å². The van der Waals surface area contributed by atoms with Gasteiger partial charge in [0.1, 0.15) is 11.2 Å². The first-order valence-corrected chi connectivity index (χ1v) is 19.1. The number of rotatable bonds is 5. The molecule has 0 unspecified atom stereocenters. The molecule has 0 spiro atoms. The molecular weight excluding hydrogens is 699 g/mol. The summed E-state index contributed by atoms with van der Waals surface area (Å²) in [4.78, 5) is 15.1. The van der Waals surface area contributed by atoms with Crippen LogP contribution < -0.4 is 0 Å². The molecule has 6 heteroatoms. The molecule has 0 bridgehead atoms. The first-order chi connectivity index (χ1) is 28.3. The van der Waals surface area contributed by atoms with Crippen LogP contribution in [-0.2, 0) is 0 Å². The second-order valence-electron chi connectivity index (χ2n) is 14.4. The smallest absolute Gasteiger partial charge is 0.167 e. The van der Waals surface area contributed by atoms with Crippen LogP contribution in [0.1, 0.15) is 0 Å². The molecule has 0 amide bonds. The van der Waals surface area contributed by atoms with Gasteiger partial charge in [0.05, 0.1) is 33.3 Å². The molecule has 4 aromatic heterocycles. The number of fused-ring (bicyclic) bond motifs is 10. The van der Waals surface area contributed by atoms with Gasteiger partial charge in [0, 0.05) is 49.1 Å². The van der Waals surface area contributed by atoms with E-state index in [1.165, 1.54) is 21.8 Å². The van der Waals surface area contributed by atoms with E-state index >= 15 is 0 Å². The van der Waals surface area contributed by atoms with Gasteiger partial charge < -0.3 is 13.6 Å². The summed E-state index contributed by atoms with van der Waals surface area (Å²) in [5.74, 6) is 1.78. The monoisotopic (exact) mass is 729 g/mol. The largest absolute Gasteiger partial charge is 0.455 e. The first kappa shape index (κ1) is 31.5. The number of hydrogen-bond donors (Lipinski definition) is 0. The van der Waals surface area contributed by atoms with E-state index in [1.807, 2.05) is 60.7 Å². The Bertz CT molecular complexity index is 3400. The van der Waals surface area contributed by atoms with Gasteiger partial charge in [-0.15, -0.1) is 0 Å². The molecule has 12 aromatic rings. The molecule has 0 aliphatic heterocycles.